The number of nitrogens with zero attached hydrogens (tertiary/aromatic N) is 2. The van der Waals surface area contributed by atoms with Gasteiger partial charge in [0.1, 0.15) is 12.3 Å². The summed E-state index contributed by atoms with van der Waals surface area (Å²) < 4.78 is 5.34. The molecule has 1 heterocycles. The van der Waals surface area contributed by atoms with Crippen molar-refractivity contribution in [3.05, 3.63) is 17.3 Å². The second-order valence-corrected chi connectivity index (χ2v) is 2.90. The van der Waals surface area contributed by atoms with E-state index in [4.69, 9.17) is 10.2 Å². The molecule has 1 rings (SSSR count). The van der Waals surface area contributed by atoms with Crippen LogP contribution in [-0.4, -0.2) is 10.8 Å². The highest BCUT2D eigenvalue weighted by Crippen LogP contribution is 2.10. The lowest BCUT2D eigenvalue weighted by Gasteiger charge is -1.94. The van der Waals surface area contributed by atoms with Gasteiger partial charge >= 0.3 is 0 Å². The Morgan fingerprint density at radius 2 is 2.23 bits per heavy atom. The van der Waals surface area contributed by atoms with Gasteiger partial charge in [-0.15, -0.1) is 0 Å². The van der Waals surface area contributed by atoms with Crippen molar-refractivity contribution < 1.29 is 4.42 Å². The van der Waals surface area contributed by atoms with Gasteiger partial charge in [-0.2, -0.15) is 0 Å². The maximum Gasteiger partial charge on any atom is 0.191 e. The summed E-state index contributed by atoms with van der Waals surface area (Å²) in [6.45, 7) is 6.19. The Morgan fingerprint density at radius 3 is 2.69 bits per heavy atom. The number of rotatable bonds is 3. The zero-order valence-electron chi connectivity index (χ0n) is 8.29. The summed E-state index contributed by atoms with van der Waals surface area (Å²) in [5.41, 5.74) is 6.46. The molecule has 4 nitrogen and oxygen atoms in total. The quantitative estimate of drug-likeness (QED) is 0.568. The molecule has 72 valence electrons. The standard InChI is InChI=1S/C9H15N3O/c1-4-9(10)11-5-8-6(2)12-7(3)13-8/h4-5H2,1-3H3,(H2,10,11). The summed E-state index contributed by atoms with van der Waals surface area (Å²) in [6.07, 6.45) is 0.770. The van der Waals surface area contributed by atoms with Crippen molar-refractivity contribution in [3.63, 3.8) is 0 Å². The van der Waals surface area contributed by atoms with Crippen LogP contribution in [0.5, 0.6) is 0 Å². The minimum atomic E-state index is 0.492. The van der Waals surface area contributed by atoms with Crippen LogP contribution in [0.3, 0.4) is 0 Å². The number of aromatic nitrogens is 1. The van der Waals surface area contributed by atoms with Crippen LogP contribution in [-0.2, 0) is 6.54 Å². The van der Waals surface area contributed by atoms with Gasteiger partial charge in [-0.3, -0.25) is 4.99 Å². The van der Waals surface area contributed by atoms with Crippen LogP contribution in [0.2, 0.25) is 0 Å². The molecule has 1 aromatic heterocycles. The lowest BCUT2D eigenvalue weighted by Crippen LogP contribution is -2.09. The van der Waals surface area contributed by atoms with E-state index in [-0.39, 0.29) is 0 Å². The number of amidine groups is 1. The van der Waals surface area contributed by atoms with Crippen molar-refractivity contribution >= 4 is 5.84 Å². The van der Waals surface area contributed by atoms with E-state index < -0.39 is 0 Å². The molecule has 0 spiro atoms. The van der Waals surface area contributed by atoms with Crippen LogP contribution in [0.25, 0.3) is 0 Å². The molecule has 0 saturated heterocycles. The molecule has 0 atom stereocenters. The average Bonchev–Trinajstić information content (AvgIpc) is 2.41. The number of hydrogen-bond donors (Lipinski definition) is 1. The van der Waals surface area contributed by atoms with Gasteiger partial charge in [-0.25, -0.2) is 4.98 Å². The molecule has 0 aromatic carbocycles. The van der Waals surface area contributed by atoms with E-state index in [0.29, 0.717) is 18.3 Å². The number of nitrogens with two attached hydrogens (primary N) is 1. The SMILES string of the molecule is CCC(N)=NCc1oc(C)nc1C. The number of aliphatic imine (C=N–C) groups is 1. The zero-order valence-corrected chi connectivity index (χ0v) is 8.29. The first-order chi connectivity index (χ1) is 6.13. The fourth-order valence-corrected chi connectivity index (χ4v) is 1.01. The monoisotopic (exact) mass is 181 g/mol. The fraction of sp³-hybridized carbons (Fsp3) is 0.556. The number of hydrogen-bond acceptors (Lipinski definition) is 3. The van der Waals surface area contributed by atoms with Gasteiger partial charge in [0.25, 0.3) is 0 Å². The van der Waals surface area contributed by atoms with E-state index in [2.05, 4.69) is 9.98 Å². The first-order valence-corrected chi connectivity index (χ1v) is 4.35. The Balaban J connectivity index is 2.69. The van der Waals surface area contributed by atoms with Crippen LogP contribution in [0, 0.1) is 13.8 Å². The highest BCUT2D eigenvalue weighted by molar-refractivity contribution is 5.79. The van der Waals surface area contributed by atoms with E-state index >= 15 is 0 Å². The van der Waals surface area contributed by atoms with Gasteiger partial charge in [0.2, 0.25) is 0 Å². The Hall–Kier alpha value is -1.32. The molecule has 0 radical (unpaired) electrons. The molecular weight excluding hydrogens is 166 g/mol. The minimum absolute atomic E-state index is 0.492. The zero-order chi connectivity index (χ0) is 9.84. The van der Waals surface area contributed by atoms with E-state index in [1.54, 1.807) is 0 Å². The summed E-state index contributed by atoms with van der Waals surface area (Å²) in [5, 5.41) is 0. The third-order valence-electron chi connectivity index (χ3n) is 1.79. The van der Waals surface area contributed by atoms with Crippen LogP contribution in [0.4, 0.5) is 0 Å². The molecule has 1 aromatic rings. The summed E-state index contributed by atoms with van der Waals surface area (Å²) >= 11 is 0. The van der Waals surface area contributed by atoms with Gasteiger partial charge in [0, 0.05) is 13.3 Å². The Bertz CT molecular complexity index is 315. The molecular formula is C9H15N3O. The van der Waals surface area contributed by atoms with Crippen LogP contribution >= 0.6 is 0 Å². The third-order valence-corrected chi connectivity index (χ3v) is 1.79. The molecule has 0 aliphatic heterocycles. The Kier molecular flexibility index (Phi) is 3.06. The van der Waals surface area contributed by atoms with Crippen molar-refractivity contribution in [2.75, 3.05) is 0 Å². The van der Waals surface area contributed by atoms with Crippen molar-refractivity contribution in [1.29, 1.82) is 0 Å². The van der Waals surface area contributed by atoms with Gasteiger partial charge in [0.15, 0.2) is 5.89 Å². The second kappa shape index (κ2) is 4.07. The molecule has 13 heavy (non-hydrogen) atoms. The topological polar surface area (TPSA) is 64.4 Å². The third kappa shape index (κ3) is 2.57. The minimum Gasteiger partial charge on any atom is -0.444 e. The highest BCUT2D eigenvalue weighted by atomic mass is 16.4. The largest absolute Gasteiger partial charge is 0.444 e. The van der Waals surface area contributed by atoms with E-state index in [1.165, 1.54) is 0 Å². The lowest BCUT2D eigenvalue weighted by atomic mass is 10.3. The maximum atomic E-state index is 5.57. The highest BCUT2D eigenvalue weighted by Gasteiger charge is 2.04. The van der Waals surface area contributed by atoms with E-state index in [9.17, 15) is 0 Å². The van der Waals surface area contributed by atoms with Crippen LogP contribution < -0.4 is 5.73 Å². The summed E-state index contributed by atoms with van der Waals surface area (Å²) in [5.74, 6) is 2.13. The van der Waals surface area contributed by atoms with E-state index in [0.717, 1.165) is 17.9 Å². The molecule has 0 aliphatic rings. The van der Waals surface area contributed by atoms with Crippen LogP contribution in [0.1, 0.15) is 30.7 Å². The molecule has 0 saturated carbocycles. The molecule has 0 unspecified atom stereocenters. The van der Waals surface area contributed by atoms with Gasteiger partial charge in [-0.1, -0.05) is 6.92 Å². The summed E-state index contributed by atoms with van der Waals surface area (Å²) in [7, 11) is 0. The molecule has 2 N–H and O–H groups in total. The van der Waals surface area contributed by atoms with Crippen molar-refractivity contribution in [1.82, 2.24) is 4.98 Å². The predicted molar refractivity (Wildman–Crippen MR) is 51.6 cm³/mol. The lowest BCUT2D eigenvalue weighted by molar-refractivity contribution is 0.476. The Morgan fingerprint density at radius 1 is 1.54 bits per heavy atom. The first kappa shape index (κ1) is 9.77. The first-order valence-electron chi connectivity index (χ1n) is 4.35. The van der Waals surface area contributed by atoms with Gasteiger partial charge < -0.3 is 10.2 Å². The van der Waals surface area contributed by atoms with Crippen LogP contribution in [0.15, 0.2) is 9.41 Å². The molecule has 4 heteroatoms. The molecule has 0 amide bonds. The molecule has 0 fully saturated rings. The van der Waals surface area contributed by atoms with Gasteiger partial charge in [0.05, 0.1) is 11.5 Å². The summed E-state index contributed by atoms with van der Waals surface area (Å²) in [4.78, 5) is 8.29. The second-order valence-electron chi connectivity index (χ2n) is 2.90. The van der Waals surface area contributed by atoms with Crippen molar-refractivity contribution in [2.45, 2.75) is 33.7 Å². The molecule has 0 aliphatic carbocycles. The fourth-order valence-electron chi connectivity index (χ4n) is 1.01. The van der Waals surface area contributed by atoms with Gasteiger partial charge in [-0.05, 0) is 6.92 Å². The van der Waals surface area contributed by atoms with Crippen molar-refractivity contribution in [2.24, 2.45) is 10.7 Å². The normalized spacial score (nSPS) is 12.1. The predicted octanol–water partition coefficient (Wildman–Crippen LogP) is 1.56. The van der Waals surface area contributed by atoms with Crippen molar-refractivity contribution in [3.8, 4) is 0 Å². The number of aryl methyl sites for hydroxylation is 2. The maximum absolute atomic E-state index is 5.57. The molecule has 0 bridgehead atoms. The smallest absolute Gasteiger partial charge is 0.191 e. The average molecular weight is 181 g/mol. The summed E-state index contributed by atoms with van der Waals surface area (Å²) in [6, 6.07) is 0. The van der Waals surface area contributed by atoms with E-state index in [1.807, 2.05) is 20.8 Å². The number of oxazole rings is 1. The Labute approximate surface area is 77.9 Å².